The maximum Gasteiger partial charge on any atom is 0.298 e. The number of imide groups is 1. The third kappa shape index (κ3) is 3.38. The standard InChI is InChI=1S/C23H22N2O2S/c1-15(2)13-24-14-17(19-6-4-5-7-20(19)24)12-21-22(26)25(23(27)28-21)18-10-8-16(3)9-11-18/h4-12,14-15H,13H2,1-3H3/b21-12-. The van der Waals surface area contributed by atoms with E-state index in [0.29, 0.717) is 16.5 Å². The lowest BCUT2D eigenvalue weighted by atomic mass is 10.1. The van der Waals surface area contributed by atoms with Crippen LogP contribution in [0.15, 0.2) is 59.6 Å². The molecule has 5 heteroatoms. The van der Waals surface area contributed by atoms with Crippen LogP contribution < -0.4 is 4.90 Å². The topological polar surface area (TPSA) is 42.3 Å². The van der Waals surface area contributed by atoms with Crippen molar-refractivity contribution in [2.75, 3.05) is 4.90 Å². The molecule has 0 aliphatic carbocycles. The molecule has 1 fully saturated rings. The number of rotatable bonds is 4. The maximum absolute atomic E-state index is 12.9. The molecule has 1 saturated heterocycles. The van der Waals surface area contributed by atoms with Gasteiger partial charge in [-0.15, -0.1) is 0 Å². The van der Waals surface area contributed by atoms with Crippen LogP contribution in [-0.4, -0.2) is 15.7 Å². The Morgan fingerprint density at radius 1 is 1.04 bits per heavy atom. The van der Waals surface area contributed by atoms with Crippen molar-refractivity contribution in [3.63, 3.8) is 0 Å². The molecule has 0 radical (unpaired) electrons. The number of aromatic nitrogens is 1. The van der Waals surface area contributed by atoms with E-state index in [1.165, 1.54) is 4.90 Å². The highest BCUT2D eigenvalue weighted by atomic mass is 32.2. The van der Waals surface area contributed by atoms with Crippen LogP contribution in [0, 0.1) is 12.8 Å². The Labute approximate surface area is 168 Å². The maximum atomic E-state index is 12.9. The molecule has 2 amide bonds. The SMILES string of the molecule is Cc1ccc(N2C(=O)S/C(=C\c3cn(CC(C)C)c4ccccc34)C2=O)cc1. The smallest absolute Gasteiger partial charge is 0.298 e. The molecule has 1 aliphatic heterocycles. The minimum Gasteiger partial charge on any atom is -0.347 e. The highest BCUT2D eigenvalue weighted by Crippen LogP contribution is 2.37. The molecule has 1 aliphatic rings. The zero-order valence-electron chi connectivity index (χ0n) is 16.2. The predicted octanol–water partition coefficient (Wildman–Crippen LogP) is 5.85. The average Bonchev–Trinajstić information content (AvgIpc) is 3.13. The first-order valence-corrected chi connectivity index (χ1v) is 10.2. The van der Waals surface area contributed by atoms with Gasteiger partial charge in [0, 0.05) is 29.2 Å². The van der Waals surface area contributed by atoms with Crippen LogP contribution in [0.4, 0.5) is 10.5 Å². The molecule has 0 spiro atoms. The van der Waals surface area contributed by atoms with Gasteiger partial charge in [-0.25, -0.2) is 4.90 Å². The first-order valence-electron chi connectivity index (χ1n) is 9.36. The summed E-state index contributed by atoms with van der Waals surface area (Å²) in [6.45, 7) is 7.24. The lowest BCUT2D eigenvalue weighted by Crippen LogP contribution is -2.27. The van der Waals surface area contributed by atoms with Gasteiger partial charge in [-0.05, 0) is 48.9 Å². The van der Waals surface area contributed by atoms with Gasteiger partial charge in [-0.1, -0.05) is 49.7 Å². The lowest BCUT2D eigenvalue weighted by molar-refractivity contribution is -0.113. The highest BCUT2D eigenvalue weighted by Gasteiger charge is 2.36. The van der Waals surface area contributed by atoms with Crippen LogP contribution in [0.1, 0.15) is 25.0 Å². The van der Waals surface area contributed by atoms with E-state index >= 15 is 0 Å². The molecule has 1 aromatic heterocycles. The van der Waals surface area contributed by atoms with E-state index in [1.807, 2.05) is 49.4 Å². The molecule has 4 rings (SSSR count). The van der Waals surface area contributed by atoms with Crippen molar-refractivity contribution in [2.24, 2.45) is 5.92 Å². The number of amides is 2. The van der Waals surface area contributed by atoms with Gasteiger partial charge in [0.05, 0.1) is 10.6 Å². The number of fused-ring (bicyclic) bond motifs is 1. The first kappa shape index (κ1) is 18.6. The molecule has 2 heterocycles. The van der Waals surface area contributed by atoms with Gasteiger partial charge in [-0.3, -0.25) is 9.59 Å². The van der Waals surface area contributed by atoms with E-state index in [4.69, 9.17) is 0 Å². The van der Waals surface area contributed by atoms with Gasteiger partial charge in [0.2, 0.25) is 0 Å². The van der Waals surface area contributed by atoms with E-state index in [2.05, 4.69) is 36.7 Å². The number of nitrogens with zero attached hydrogens (tertiary/aromatic N) is 2. The Bertz CT molecular complexity index is 1090. The summed E-state index contributed by atoms with van der Waals surface area (Å²) in [5, 5.41) is 0.830. The van der Waals surface area contributed by atoms with Crippen molar-refractivity contribution in [1.29, 1.82) is 0 Å². The fourth-order valence-electron chi connectivity index (χ4n) is 3.46. The third-order valence-corrected chi connectivity index (χ3v) is 5.62. The summed E-state index contributed by atoms with van der Waals surface area (Å²) in [6.07, 6.45) is 3.92. The summed E-state index contributed by atoms with van der Waals surface area (Å²) < 4.78 is 2.22. The van der Waals surface area contributed by atoms with Gasteiger partial charge in [0.15, 0.2) is 0 Å². The van der Waals surface area contributed by atoms with Gasteiger partial charge in [0.25, 0.3) is 11.1 Å². The van der Waals surface area contributed by atoms with Crippen molar-refractivity contribution in [2.45, 2.75) is 27.3 Å². The lowest BCUT2D eigenvalue weighted by Gasteiger charge is -2.12. The largest absolute Gasteiger partial charge is 0.347 e. The summed E-state index contributed by atoms with van der Waals surface area (Å²) in [7, 11) is 0. The monoisotopic (exact) mass is 390 g/mol. The zero-order valence-corrected chi connectivity index (χ0v) is 17.0. The summed E-state index contributed by atoms with van der Waals surface area (Å²) in [5.74, 6) is 0.247. The van der Waals surface area contributed by atoms with E-state index in [0.717, 1.165) is 40.3 Å². The van der Waals surface area contributed by atoms with Crippen molar-refractivity contribution in [3.05, 3.63) is 70.8 Å². The fourth-order valence-corrected chi connectivity index (χ4v) is 4.29. The molecular weight excluding hydrogens is 368 g/mol. The fraction of sp³-hybridized carbons (Fsp3) is 0.217. The first-order chi connectivity index (χ1) is 13.4. The Morgan fingerprint density at radius 3 is 2.46 bits per heavy atom. The van der Waals surface area contributed by atoms with E-state index in [-0.39, 0.29) is 11.1 Å². The Morgan fingerprint density at radius 2 is 1.75 bits per heavy atom. The average molecular weight is 391 g/mol. The van der Waals surface area contributed by atoms with Crippen molar-refractivity contribution >= 4 is 45.6 Å². The Kier molecular flexibility index (Phi) is 4.85. The Balaban J connectivity index is 1.73. The van der Waals surface area contributed by atoms with E-state index in [9.17, 15) is 9.59 Å². The number of hydrogen-bond acceptors (Lipinski definition) is 3. The normalized spacial score (nSPS) is 16.1. The quantitative estimate of drug-likeness (QED) is 0.525. The zero-order chi connectivity index (χ0) is 19.8. The van der Waals surface area contributed by atoms with Crippen molar-refractivity contribution in [1.82, 2.24) is 4.57 Å². The van der Waals surface area contributed by atoms with Crippen LogP contribution in [0.25, 0.3) is 17.0 Å². The third-order valence-electron chi connectivity index (χ3n) is 4.75. The van der Waals surface area contributed by atoms with E-state index in [1.54, 1.807) is 0 Å². The molecular formula is C23H22N2O2S. The number of anilines is 1. The van der Waals surface area contributed by atoms with Gasteiger partial charge < -0.3 is 4.57 Å². The molecule has 142 valence electrons. The summed E-state index contributed by atoms with van der Waals surface area (Å²) in [6, 6.07) is 15.6. The molecule has 2 aromatic carbocycles. The molecule has 0 bridgehead atoms. The summed E-state index contributed by atoms with van der Waals surface area (Å²) >= 11 is 0.997. The number of para-hydroxylation sites is 1. The van der Waals surface area contributed by atoms with Gasteiger partial charge in [-0.2, -0.15) is 0 Å². The molecule has 4 nitrogen and oxygen atoms in total. The van der Waals surface area contributed by atoms with Crippen molar-refractivity contribution in [3.8, 4) is 0 Å². The van der Waals surface area contributed by atoms with Crippen LogP contribution >= 0.6 is 11.8 Å². The minimum atomic E-state index is -0.264. The Hall–Kier alpha value is -2.79. The molecule has 0 N–H and O–H groups in total. The molecule has 0 saturated carbocycles. The molecule has 28 heavy (non-hydrogen) atoms. The highest BCUT2D eigenvalue weighted by molar-refractivity contribution is 8.19. The molecule has 0 atom stereocenters. The second-order valence-electron chi connectivity index (χ2n) is 7.50. The van der Waals surface area contributed by atoms with Gasteiger partial charge >= 0.3 is 0 Å². The van der Waals surface area contributed by atoms with Gasteiger partial charge in [0.1, 0.15) is 0 Å². The second kappa shape index (κ2) is 7.32. The number of aryl methyl sites for hydroxylation is 1. The summed E-state index contributed by atoms with van der Waals surface area (Å²) in [5.41, 5.74) is 3.80. The predicted molar refractivity (Wildman–Crippen MR) is 116 cm³/mol. The van der Waals surface area contributed by atoms with Crippen molar-refractivity contribution < 1.29 is 9.59 Å². The number of thioether (sulfide) groups is 1. The van der Waals surface area contributed by atoms with Crippen LogP contribution in [0.3, 0.4) is 0 Å². The molecule has 3 aromatic rings. The number of carbonyl (C=O) groups is 2. The second-order valence-corrected chi connectivity index (χ2v) is 8.49. The van der Waals surface area contributed by atoms with E-state index < -0.39 is 0 Å². The van der Waals surface area contributed by atoms with Crippen LogP contribution in [-0.2, 0) is 11.3 Å². The minimum absolute atomic E-state index is 0.258. The van der Waals surface area contributed by atoms with Crippen LogP contribution in [0.5, 0.6) is 0 Å². The number of hydrogen-bond donors (Lipinski definition) is 0. The number of benzene rings is 2. The van der Waals surface area contributed by atoms with Crippen LogP contribution in [0.2, 0.25) is 0 Å². The number of carbonyl (C=O) groups excluding carboxylic acids is 2. The molecule has 0 unspecified atom stereocenters. The summed E-state index contributed by atoms with van der Waals surface area (Å²) in [4.78, 5) is 27.2.